The molecule has 1 aliphatic rings. The standard InChI is InChI=1S/C23H31N3O4/c1-18(23(27)24-19-9-10-21(28-2)22(17-19)29-3)26-13-11-25(12-14-26)15-16-30-20-7-5-4-6-8-20/h4-10,17-18H,11-16H2,1-3H3,(H,24,27). The fourth-order valence-corrected chi connectivity index (χ4v) is 3.51. The summed E-state index contributed by atoms with van der Waals surface area (Å²) in [6, 6.07) is 15.0. The van der Waals surface area contributed by atoms with Crippen molar-refractivity contribution < 1.29 is 19.0 Å². The molecule has 7 heteroatoms. The zero-order valence-electron chi connectivity index (χ0n) is 18.0. The summed E-state index contributed by atoms with van der Waals surface area (Å²) in [5.41, 5.74) is 0.696. The van der Waals surface area contributed by atoms with Crippen LogP contribution in [0.25, 0.3) is 0 Å². The number of nitrogens with zero attached hydrogens (tertiary/aromatic N) is 2. The molecule has 1 amide bonds. The van der Waals surface area contributed by atoms with Gasteiger partial charge in [-0.3, -0.25) is 14.6 Å². The molecular formula is C23H31N3O4. The number of nitrogens with one attached hydrogen (secondary N) is 1. The highest BCUT2D eigenvalue weighted by Gasteiger charge is 2.25. The molecular weight excluding hydrogens is 382 g/mol. The van der Waals surface area contributed by atoms with Gasteiger partial charge in [-0.15, -0.1) is 0 Å². The van der Waals surface area contributed by atoms with Gasteiger partial charge in [0.15, 0.2) is 11.5 Å². The molecule has 3 rings (SSSR count). The van der Waals surface area contributed by atoms with Crippen LogP contribution in [0.1, 0.15) is 6.92 Å². The zero-order valence-corrected chi connectivity index (χ0v) is 18.0. The Morgan fingerprint density at radius 3 is 2.37 bits per heavy atom. The number of methoxy groups -OCH3 is 2. The maximum absolute atomic E-state index is 12.7. The molecule has 30 heavy (non-hydrogen) atoms. The third-order valence-corrected chi connectivity index (χ3v) is 5.40. The first kappa shape index (κ1) is 21.9. The van der Waals surface area contributed by atoms with Crippen molar-refractivity contribution >= 4 is 11.6 Å². The number of carbonyl (C=O) groups excluding carboxylic acids is 1. The number of amides is 1. The minimum absolute atomic E-state index is 0.0249. The smallest absolute Gasteiger partial charge is 0.241 e. The van der Waals surface area contributed by atoms with Crippen molar-refractivity contribution in [3.8, 4) is 17.2 Å². The number of hydrogen-bond donors (Lipinski definition) is 1. The van der Waals surface area contributed by atoms with Crippen LogP contribution < -0.4 is 19.5 Å². The van der Waals surface area contributed by atoms with Crippen molar-refractivity contribution in [2.45, 2.75) is 13.0 Å². The van der Waals surface area contributed by atoms with Crippen LogP contribution in [0, 0.1) is 0 Å². The van der Waals surface area contributed by atoms with E-state index in [9.17, 15) is 4.79 Å². The predicted octanol–water partition coefficient (Wildman–Crippen LogP) is 2.73. The van der Waals surface area contributed by atoms with Crippen LogP contribution in [-0.2, 0) is 4.79 Å². The minimum Gasteiger partial charge on any atom is -0.493 e. The molecule has 2 aromatic carbocycles. The lowest BCUT2D eigenvalue weighted by molar-refractivity contribution is -0.121. The molecule has 0 aliphatic carbocycles. The normalized spacial score (nSPS) is 16.0. The summed E-state index contributed by atoms with van der Waals surface area (Å²) in [5, 5.41) is 2.98. The molecule has 1 saturated heterocycles. The Morgan fingerprint density at radius 1 is 1.00 bits per heavy atom. The summed E-state index contributed by atoms with van der Waals surface area (Å²) in [6.07, 6.45) is 0. The van der Waals surface area contributed by atoms with E-state index in [0.717, 1.165) is 38.5 Å². The molecule has 1 heterocycles. The van der Waals surface area contributed by atoms with Crippen LogP contribution in [0.2, 0.25) is 0 Å². The van der Waals surface area contributed by atoms with Crippen LogP contribution in [0.5, 0.6) is 17.2 Å². The van der Waals surface area contributed by atoms with Gasteiger partial charge in [-0.2, -0.15) is 0 Å². The zero-order chi connectivity index (χ0) is 21.3. The second-order valence-corrected chi connectivity index (χ2v) is 7.27. The largest absolute Gasteiger partial charge is 0.493 e. The number of para-hydroxylation sites is 1. The van der Waals surface area contributed by atoms with Crippen molar-refractivity contribution in [3.63, 3.8) is 0 Å². The van der Waals surface area contributed by atoms with E-state index >= 15 is 0 Å². The van der Waals surface area contributed by atoms with Gasteiger partial charge < -0.3 is 19.5 Å². The summed E-state index contributed by atoms with van der Waals surface area (Å²) in [7, 11) is 3.17. The third kappa shape index (κ3) is 5.87. The molecule has 0 aromatic heterocycles. The Bertz CT molecular complexity index is 807. The van der Waals surface area contributed by atoms with Gasteiger partial charge in [0.05, 0.1) is 20.3 Å². The highest BCUT2D eigenvalue weighted by molar-refractivity contribution is 5.94. The number of hydrogen-bond acceptors (Lipinski definition) is 6. The van der Waals surface area contributed by atoms with Crippen LogP contribution in [0.3, 0.4) is 0 Å². The molecule has 1 aliphatic heterocycles. The van der Waals surface area contributed by atoms with Crippen LogP contribution in [0.15, 0.2) is 48.5 Å². The van der Waals surface area contributed by atoms with Crippen LogP contribution in [0.4, 0.5) is 5.69 Å². The Hall–Kier alpha value is -2.77. The molecule has 0 spiro atoms. The molecule has 162 valence electrons. The Kier molecular flexibility index (Phi) is 7.93. The molecule has 1 unspecified atom stereocenters. The molecule has 7 nitrogen and oxygen atoms in total. The van der Waals surface area contributed by atoms with E-state index < -0.39 is 0 Å². The second-order valence-electron chi connectivity index (χ2n) is 7.27. The van der Waals surface area contributed by atoms with Crippen molar-refractivity contribution in [2.24, 2.45) is 0 Å². The molecule has 1 fully saturated rings. The lowest BCUT2D eigenvalue weighted by Crippen LogP contribution is -2.53. The minimum atomic E-state index is -0.208. The fourth-order valence-electron chi connectivity index (χ4n) is 3.51. The van der Waals surface area contributed by atoms with Crippen molar-refractivity contribution in [1.29, 1.82) is 0 Å². The van der Waals surface area contributed by atoms with E-state index in [-0.39, 0.29) is 11.9 Å². The second kappa shape index (κ2) is 10.8. The van der Waals surface area contributed by atoms with Crippen molar-refractivity contribution in [3.05, 3.63) is 48.5 Å². The summed E-state index contributed by atoms with van der Waals surface area (Å²) in [4.78, 5) is 17.3. The Morgan fingerprint density at radius 2 is 1.70 bits per heavy atom. The summed E-state index contributed by atoms with van der Waals surface area (Å²) < 4.78 is 16.3. The van der Waals surface area contributed by atoms with E-state index in [0.29, 0.717) is 23.8 Å². The van der Waals surface area contributed by atoms with E-state index in [1.807, 2.05) is 43.3 Å². The molecule has 0 saturated carbocycles. The quantitative estimate of drug-likeness (QED) is 0.682. The lowest BCUT2D eigenvalue weighted by Gasteiger charge is -2.37. The lowest BCUT2D eigenvalue weighted by atomic mass is 10.2. The van der Waals surface area contributed by atoms with Gasteiger partial charge in [-0.05, 0) is 31.2 Å². The average Bonchev–Trinajstić information content (AvgIpc) is 2.79. The van der Waals surface area contributed by atoms with Crippen molar-refractivity contribution in [2.75, 3.05) is 58.9 Å². The monoisotopic (exact) mass is 413 g/mol. The molecule has 0 bridgehead atoms. The first-order valence-electron chi connectivity index (χ1n) is 10.3. The highest BCUT2D eigenvalue weighted by atomic mass is 16.5. The maximum Gasteiger partial charge on any atom is 0.241 e. The van der Waals surface area contributed by atoms with E-state index in [2.05, 4.69) is 15.1 Å². The molecule has 0 radical (unpaired) electrons. The van der Waals surface area contributed by atoms with Crippen molar-refractivity contribution in [1.82, 2.24) is 9.80 Å². The van der Waals surface area contributed by atoms with Gasteiger partial charge in [0.25, 0.3) is 0 Å². The number of rotatable bonds is 9. The van der Waals surface area contributed by atoms with Gasteiger partial charge in [0, 0.05) is 44.5 Å². The van der Waals surface area contributed by atoms with Gasteiger partial charge in [-0.1, -0.05) is 18.2 Å². The number of piperazine rings is 1. The number of benzene rings is 2. The van der Waals surface area contributed by atoms with E-state index in [1.54, 1.807) is 26.4 Å². The SMILES string of the molecule is COc1ccc(NC(=O)C(C)N2CCN(CCOc3ccccc3)CC2)cc1OC. The Labute approximate surface area is 178 Å². The number of carbonyl (C=O) groups is 1. The first-order chi connectivity index (χ1) is 14.6. The summed E-state index contributed by atoms with van der Waals surface area (Å²) >= 11 is 0. The highest BCUT2D eigenvalue weighted by Crippen LogP contribution is 2.29. The predicted molar refractivity (Wildman–Crippen MR) is 118 cm³/mol. The van der Waals surface area contributed by atoms with Gasteiger partial charge in [0.1, 0.15) is 12.4 Å². The fraction of sp³-hybridized carbons (Fsp3) is 0.435. The number of ether oxygens (including phenoxy) is 3. The van der Waals surface area contributed by atoms with Gasteiger partial charge >= 0.3 is 0 Å². The average molecular weight is 414 g/mol. The van der Waals surface area contributed by atoms with E-state index in [1.165, 1.54) is 0 Å². The van der Waals surface area contributed by atoms with E-state index in [4.69, 9.17) is 14.2 Å². The molecule has 1 atom stereocenters. The number of anilines is 1. The topological polar surface area (TPSA) is 63.3 Å². The summed E-state index contributed by atoms with van der Waals surface area (Å²) in [5.74, 6) is 2.10. The third-order valence-electron chi connectivity index (χ3n) is 5.40. The van der Waals surface area contributed by atoms with Crippen LogP contribution >= 0.6 is 0 Å². The maximum atomic E-state index is 12.7. The molecule has 1 N–H and O–H groups in total. The van der Waals surface area contributed by atoms with Crippen LogP contribution in [-0.4, -0.2) is 75.3 Å². The van der Waals surface area contributed by atoms with Gasteiger partial charge in [0.2, 0.25) is 5.91 Å². The molecule has 2 aromatic rings. The van der Waals surface area contributed by atoms with Gasteiger partial charge in [-0.25, -0.2) is 0 Å². The summed E-state index contributed by atoms with van der Waals surface area (Å²) in [6.45, 7) is 7.05. The Balaban J connectivity index is 1.43. The first-order valence-corrected chi connectivity index (χ1v) is 10.3.